The molecule has 0 aromatic heterocycles. The molecule has 0 fully saturated rings. The maximum absolute atomic E-state index is 12.1. The zero-order valence-electron chi connectivity index (χ0n) is 11.3. The highest BCUT2D eigenvalue weighted by Crippen LogP contribution is 2.34. The van der Waals surface area contributed by atoms with Crippen LogP contribution >= 0.6 is 22.6 Å². The molecular weight excluding hydrogens is 361 g/mol. The van der Waals surface area contributed by atoms with Gasteiger partial charge >= 0.3 is 0 Å². The van der Waals surface area contributed by atoms with Crippen molar-refractivity contribution in [1.29, 1.82) is 0 Å². The van der Waals surface area contributed by atoms with E-state index in [1.165, 1.54) is 11.1 Å². The number of hydrogen-bond acceptors (Lipinski definition) is 1. The second-order valence-corrected chi connectivity index (χ2v) is 6.31. The van der Waals surface area contributed by atoms with Gasteiger partial charge in [-0.3, -0.25) is 4.79 Å². The summed E-state index contributed by atoms with van der Waals surface area (Å²) in [6, 6.07) is 12.3. The third-order valence-electron chi connectivity index (χ3n) is 3.49. The van der Waals surface area contributed by atoms with Crippen molar-refractivity contribution >= 4 is 45.8 Å². The fourth-order valence-electron chi connectivity index (χ4n) is 2.45. The van der Waals surface area contributed by atoms with Crippen LogP contribution in [0.1, 0.15) is 22.3 Å². The summed E-state index contributed by atoms with van der Waals surface area (Å²) in [6.07, 6.45) is 1.98. The summed E-state index contributed by atoms with van der Waals surface area (Å²) in [6.45, 7) is 4.14. The zero-order chi connectivity index (χ0) is 14.3. The molecule has 0 unspecified atom stereocenters. The number of carbonyl (C=O) groups excluding carboxylic acids is 1. The smallest absolute Gasteiger partial charge is 0.256 e. The molecule has 0 atom stereocenters. The maximum atomic E-state index is 12.1. The van der Waals surface area contributed by atoms with Crippen molar-refractivity contribution in [2.24, 2.45) is 0 Å². The first kappa shape index (κ1) is 13.4. The van der Waals surface area contributed by atoms with E-state index in [1.807, 2.05) is 24.3 Å². The number of fused-ring (bicyclic) bond motifs is 1. The predicted octanol–water partition coefficient (Wildman–Crippen LogP) is 4.40. The largest absolute Gasteiger partial charge is 0.321 e. The number of carbonyl (C=O) groups is 1. The average molecular weight is 375 g/mol. The Morgan fingerprint density at radius 1 is 1.10 bits per heavy atom. The van der Waals surface area contributed by atoms with Crippen molar-refractivity contribution < 1.29 is 4.79 Å². The molecular formula is C17H14INO. The summed E-state index contributed by atoms with van der Waals surface area (Å²) < 4.78 is 1.13. The SMILES string of the molecule is Cc1ccc(C=C2C(=O)Nc3ccc(I)cc32)c(C)c1. The van der Waals surface area contributed by atoms with Gasteiger partial charge in [-0.25, -0.2) is 0 Å². The first-order chi connectivity index (χ1) is 9.54. The van der Waals surface area contributed by atoms with Crippen molar-refractivity contribution in [3.63, 3.8) is 0 Å². The van der Waals surface area contributed by atoms with E-state index >= 15 is 0 Å². The van der Waals surface area contributed by atoms with Crippen LogP contribution in [-0.2, 0) is 4.79 Å². The summed E-state index contributed by atoms with van der Waals surface area (Å²) >= 11 is 2.27. The number of anilines is 1. The van der Waals surface area contributed by atoms with Gasteiger partial charge < -0.3 is 5.32 Å². The molecule has 3 heteroatoms. The molecule has 0 saturated carbocycles. The Kier molecular flexibility index (Phi) is 3.38. The molecule has 0 aliphatic carbocycles. The Bertz CT molecular complexity index is 747. The van der Waals surface area contributed by atoms with E-state index in [0.29, 0.717) is 0 Å². The topological polar surface area (TPSA) is 29.1 Å². The van der Waals surface area contributed by atoms with Crippen LogP contribution in [0.5, 0.6) is 0 Å². The molecule has 1 heterocycles. The van der Waals surface area contributed by atoms with Crippen molar-refractivity contribution in [3.8, 4) is 0 Å². The molecule has 2 aromatic carbocycles. The van der Waals surface area contributed by atoms with Gasteiger partial charge in [0.05, 0.1) is 0 Å². The average Bonchev–Trinajstić information content (AvgIpc) is 2.69. The highest BCUT2D eigenvalue weighted by atomic mass is 127. The van der Waals surface area contributed by atoms with E-state index in [2.05, 4.69) is 60.0 Å². The van der Waals surface area contributed by atoms with E-state index in [1.54, 1.807) is 0 Å². The van der Waals surface area contributed by atoms with Gasteiger partial charge in [-0.1, -0.05) is 23.8 Å². The molecule has 1 N–H and O–H groups in total. The molecule has 1 amide bonds. The third kappa shape index (κ3) is 2.38. The Morgan fingerprint density at radius 2 is 1.90 bits per heavy atom. The molecule has 1 aliphatic heterocycles. The fourth-order valence-corrected chi connectivity index (χ4v) is 2.94. The number of rotatable bonds is 1. The standard InChI is InChI=1S/C17H14INO/c1-10-3-4-12(11(2)7-10)8-15-14-9-13(18)5-6-16(14)19-17(15)20/h3-9H,1-2H3,(H,19,20). The van der Waals surface area contributed by atoms with E-state index in [9.17, 15) is 4.79 Å². The molecule has 0 saturated heterocycles. The molecule has 2 nitrogen and oxygen atoms in total. The summed E-state index contributed by atoms with van der Waals surface area (Å²) in [5.41, 5.74) is 6.13. The zero-order valence-corrected chi connectivity index (χ0v) is 13.5. The van der Waals surface area contributed by atoms with Gasteiger partial charge in [0.2, 0.25) is 0 Å². The molecule has 3 rings (SSSR count). The number of hydrogen-bond donors (Lipinski definition) is 1. The van der Waals surface area contributed by atoms with Crippen LogP contribution in [0.4, 0.5) is 5.69 Å². The molecule has 2 aromatic rings. The lowest BCUT2D eigenvalue weighted by atomic mass is 10.00. The van der Waals surface area contributed by atoms with Gasteiger partial charge in [-0.15, -0.1) is 0 Å². The third-order valence-corrected chi connectivity index (χ3v) is 4.16. The van der Waals surface area contributed by atoms with Crippen molar-refractivity contribution in [2.75, 3.05) is 5.32 Å². The highest BCUT2D eigenvalue weighted by molar-refractivity contribution is 14.1. The highest BCUT2D eigenvalue weighted by Gasteiger charge is 2.24. The Balaban J connectivity index is 2.13. The molecule has 100 valence electrons. The summed E-state index contributed by atoms with van der Waals surface area (Å²) in [7, 11) is 0. The van der Waals surface area contributed by atoms with Gasteiger partial charge in [0.15, 0.2) is 0 Å². The van der Waals surface area contributed by atoms with Crippen molar-refractivity contribution in [3.05, 3.63) is 62.2 Å². The normalized spacial score (nSPS) is 15.3. The van der Waals surface area contributed by atoms with E-state index in [4.69, 9.17) is 0 Å². The molecule has 0 bridgehead atoms. The van der Waals surface area contributed by atoms with Gasteiger partial charge in [0.1, 0.15) is 0 Å². The van der Waals surface area contributed by atoms with E-state index < -0.39 is 0 Å². The number of benzene rings is 2. The Hall–Kier alpha value is -1.62. The Labute approximate surface area is 132 Å². The molecule has 20 heavy (non-hydrogen) atoms. The number of halogens is 1. The lowest BCUT2D eigenvalue weighted by molar-refractivity contribution is -0.110. The minimum atomic E-state index is -0.0259. The number of nitrogens with one attached hydrogen (secondary N) is 1. The minimum Gasteiger partial charge on any atom is -0.321 e. The Morgan fingerprint density at radius 3 is 2.65 bits per heavy atom. The van der Waals surface area contributed by atoms with Crippen molar-refractivity contribution in [2.45, 2.75) is 13.8 Å². The maximum Gasteiger partial charge on any atom is 0.256 e. The van der Waals surface area contributed by atoms with Gasteiger partial charge in [-0.05, 0) is 71.8 Å². The van der Waals surface area contributed by atoms with Crippen LogP contribution in [0.3, 0.4) is 0 Å². The fraction of sp³-hybridized carbons (Fsp3) is 0.118. The molecule has 1 aliphatic rings. The monoisotopic (exact) mass is 375 g/mol. The lowest BCUT2D eigenvalue weighted by Crippen LogP contribution is -2.03. The first-order valence-corrected chi connectivity index (χ1v) is 7.53. The quantitative estimate of drug-likeness (QED) is 0.581. The first-order valence-electron chi connectivity index (χ1n) is 6.45. The van der Waals surface area contributed by atoms with Crippen LogP contribution in [0.2, 0.25) is 0 Å². The van der Waals surface area contributed by atoms with E-state index in [0.717, 1.165) is 26.0 Å². The van der Waals surface area contributed by atoms with Crippen molar-refractivity contribution in [1.82, 2.24) is 0 Å². The second kappa shape index (κ2) is 5.05. The number of aryl methyl sites for hydroxylation is 2. The number of amides is 1. The molecule has 0 spiro atoms. The van der Waals surface area contributed by atoms with E-state index in [-0.39, 0.29) is 5.91 Å². The summed E-state index contributed by atoms with van der Waals surface area (Å²) in [5, 5.41) is 2.92. The summed E-state index contributed by atoms with van der Waals surface area (Å²) in [5.74, 6) is -0.0259. The van der Waals surface area contributed by atoms with Crippen LogP contribution in [0, 0.1) is 17.4 Å². The summed E-state index contributed by atoms with van der Waals surface area (Å²) in [4.78, 5) is 12.1. The van der Waals surface area contributed by atoms with Gasteiger partial charge in [0, 0.05) is 20.4 Å². The lowest BCUT2D eigenvalue weighted by Gasteiger charge is -2.04. The van der Waals surface area contributed by atoms with Gasteiger partial charge in [0.25, 0.3) is 5.91 Å². The van der Waals surface area contributed by atoms with Crippen LogP contribution < -0.4 is 5.32 Å². The van der Waals surface area contributed by atoms with Crippen LogP contribution in [0.25, 0.3) is 11.6 Å². The molecule has 0 radical (unpaired) electrons. The second-order valence-electron chi connectivity index (χ2n) is 5.06. The van der Waals surface area contributed by atoms with Gasteiger partial charge in [-0.2, -0.15) is 0 Å². The van der Waals surface area contributed by atoms with Crippen LogP contribution in [-0.4, -0.2) is 5.91 Å². The predicted molar refractivity (Wildman–Crippen MR) is 91.6 cm³/mol. The minimum absolute atomic E-state index is 0.0259. The van der Waals surface area contributed by atoms with Crippen LogP contribution in [0.15, 0.2) is 36.4 Å².